The van der Waals surface area contributed by atoms with Gasteiger partial charge in [0.15, 0.2) is 5.82 Å². The van der Waals surface area contributed by atoms with Crippen molar-refractivity contribution in [1.82, 2.24) is 24.8 Å². The summed E-state index contributed by atoms with van der Waals surface area (Å²) in [4.78, 5) is 33.1. The van der Waals surface area contributed by atoms with Gasteiger partial charge in [0.05, 0.1) is 10.9 Å². The highest BCUT2D eigenvalue weighted by molar-refractivity contribution is 6.36. The molecule has 0 bridgehead atoms. The summed E-state index contributed by atoms with van der Waals surface area (Å²) < 4.78 is 28.6. The summed E-state index contributed by atoms with van der Waals surface area (Å²) in [5.74, 6) is -0.0118. The summed E-state index contributed by atoms with van der Waals surface area (Å²) in [5, 5.41) is 2.64. The van der Waals surface area contributed by atoms with E-state index in [0.717, 1.165) is 49.5 Å². The van der Waals surface area contributed by atoms with Crippen molar-refractivity contribution in [1.29, 1.82) is 0 Å². The van der Waals surface area contributed by atoms with Crippen molar-refractivity contribution in [2.45, 2.75) is 57.6 Å². The standard InChI is InChI=1S/C34H38ClFN6O3/c1-33(2,3)45-32(43)41-18-16-40(17-19-41)30-24-20-37-28(23-10-4-8-22-9-5-11-25(35)26(22)23)27(36)29(24)38-31(39-30)44-21-34-12-6-14-42(34)15-7-13-34/h4-5,8-11,20H,6-7,12-19,21H2,1-3H3. The summed E-state index contributed by atoms with van der Waals surface area (Å²) in [7, 11) is 0. The molecule has 1 amide bonds. The Morgan fingerprint density at radius 2 is 1.71 bits per heavy atom. The first-order valence-corrected chi connectivity index (χ1v) is 16.1. The SMILES string of the molecule is CC(C)(C)OC(=O)N1CCN(c2nc(OCC34CCCN3CCC4)nc3c(F)c(-c4cccc5cccc(Cl)c45)ncc23)CC1. The monoisotopic (exact) mass is 632 g/mol. The molecule has 0 spiro atoms. The first kappa shape index (κ1) is 29.9. The number of piperazine rings is 1. The molecule has 3 aliphatic heterocycles. The van der Waals surface area contributed by atoms with Crippen LogP contribution in [-0.4, -0.2) is 87.9 Å². The van der Waals surface area contributed by atoms with Gasteiger partial charge in [-0.15, -0.1) is 0 Å². The molecule has 2 aromatic heterocycles. The van der Waals surface area contributed by atoms with Gasteiger partial charge in [-0.3, -0.25) is 9.88 Å². The number of nitrogens with zero attached hydrogens (tertiary/aromatic N) is 6. The molecule has 5 heterocycles. The molecule has 3 saturated heterocycles. The number of carbonyl (C=O) groups excluding carboxylic acids is 1. The van der Waals surface area contributed by atoms with E-state index in [2.05, 4.69) is 14.9 Å². The van der Waals surface area contributed by atoms with E-state index < -0.39 is 11.4 Å². The fourth-order valence-electron chi connectivity index (χ4n) is 7.09. The van der Waals surface area contributed by atoms with Gasteiger partial charge in [0.2, 0.25) is 0 Å². The van der Waals surface area contributed by atoms with E-state index in [1.54, 1.807) is 17.2 Å². The summed E-state index contributed by atoms with van der Waals surface area (Å²) >= 11 is 6.61. The van der Waals surface area contributed by atoms with Gasteiger partial charge >= 0.3 is 12.1 Å². The Bertz CT molecular complexity index is 1760. The van der Waals surface area contributed by atoms with E-state index in [4.69, 9.17) is 26.1 Å². The maximum absolute atomic E-state index is 16.7. The molecule has 4 aromatic rings. The van der Waals surface area contributed by atoms with Gasteiger partial charge < -0.3 is 19.3 Å². The van der Waals surface area contributed by atoms with E-state index in [1.807, 2.05) is 56.0 Å². The smallest absolute Gasteiger partial charge is 0.410 e. The van der Waals surface area contributed by atoms with E-state index in [0.29, 0.717) is 54.6 Å². The highest BCUT2D eigenvalue weighted by atomic mass is 35.5. The summed E-state index contributed by atoms with van der Waals surface area (Å²) in [5.41, 5.74) is 0.317. The predicted octanol–water partition coefficient (Wildman–Crippen LogP) is 6.70. The number of aromatic nitrogens is 3. The lowest BCUT2D eigenvalue weighted by molar-refractivity contribution is 0.0240. The molecule has 3 fully saturated rings. The molecular formula is C34H38ClFN6O3. The van der Waals surface area contributed by atoms with Crippen LogP contribution < -0.4 is 9.64 Å². The molecular weight excluding hydrogens is 595 g/mol. The van der Waals surface area contributed by atoms with Crippen LogP contribution in [0.4, 0.5) is 15.0 Å². The van der Waals surface area contributed by atoms with Crippen LogP contribution in [0.5, 0.6) is 6.01 Å². The molecule has 0 aliphatic carbocycles. The van der Waals surface area contributed by atoms with Crippen LogP contribution in [0, 0.1) is 5.82 Å². The first-order chi connectivity index (χ1) is 21.6. The Labute approximate surface area is 267 Å². The maximum atomic E-state index is 16.7. The van der Waals surface area contributed by atoms with Crippen LogP contribution in [0.1, 0.15) is 46.5 Å². The minimum Gasteiger partial charge on any atom is -0.461 e. The minimum absolute atomic E-state index is 0.0147. The van der Waals surface area contributed by atoms with Gasteiger partial charge in [0, 0.05) is 48.3 Å². The van der Waals surface area contributed by atoms with Crippen LogP contribution in [0.3, 0.4) is 0 Å². The van der Waals surface area contributed by atoms with Crippen LogP contribution >= 0.6 is 11.6 Å². The number of anilines is 1. The molecule has 0 saturated carbocycles. The fraction of sp³-hybridized carbons (Fsp3) is 0.471. The summed E-state index contributed by atoms with van der Waals surface area (Å²) in [6.07, 6.45) is 5.73. The zero-order chi connectivity index (χ0) is 31.3. The molecule has 7 rings (SSSR count). The van der Waals surface area contributed by atoms with Crippen molar-refractivity contribution in [3.63, 3.8) is 0 Å². The Kier molecular flexibility index (Phi) is 7.68. The molecule has 0 N–H and O–H groups in total. The largest absolute Gasteiger partial charge is 0.461 e. The van der Waals surface area contributed by atoms with Crippen molar-refractivity contribution < 1.29 is 18.7 Å². The number of ether oxygens (including phenoxy) is 2. The molecule has 2 aromatic carbocycles. The minimum atomic E-state index is -0.577. The van der Waals surface area contributed by atoms with Crippen molar-refractivity contribution in [3.8, 4) is 17.3 Å². The summed E-state index contributed by atoms with van der Waals surface area (Å²) in [6, 6.07) is 11.4. The molecule has 0 radical (unpaired) electrons. The third-order valence-corrected chi connectivity index (χ3v) is 9.58. The average Bonchev–Trinajstić information content (AvgIpc) is 3.60. The van der Waals surface area contributed by atoms with Crippen LogP contribution in [-0.2, 0) is 4.74 Å². The van der Waals surface area contributed by atoms with Gasteiger partial charge in [0.25, 0.3) is 0 Å². The lowest BCUT2D eigenvalue weighted by Gasteiger charge is -2.36. The Hall–Kier alpha value is -3.76. The summed E-state index contributed by atoms with van der Waals surface area (Å²) in [6.45, 7) is 10.0. The first-order valence-electron chi connectivity index (χ1n) is 15.8. The van der Waals surface area contributed by atoms with E-state index >= 15 is 4.39 Å². The van der Waals surface area contributed by atoms with Gasteiger partial charge in [-0.1, -0.05) is 41.9 Å². The zero-order valence-corrected chi connectivity index (χ0v) is 26.7. The van der Waals surface area contributed by atoms with Gasteiger partial charge in [-0.2, -0.15) is 9.97 Å². The van der Waals surface area contributed by atoms with Gasteiger partial charge in [0.1, 0.15) is 29.2 Å². The maximum Gasteiger partial charge on any atom is 0.410 e. The highest BCUT2D eigenvalue weighted by Gasteiger charge is 2.45. The van der Waals surface area contributed by atoms with Crippen molar-refractivity contribution >= 4 is 45.2 Å². The predicted molar refractivity (Wildman–Crippen MR) is 174 cm³/mol. The Morgan fingerprint density at radius 1 is 1.00 bits per heavy atom. The second-order valence-electron chi connectivity index (χ2n) is 13.3. The fourth-order valence-corrected chi connectivity index (χ4v) is 7.38. The average molecular weight is 633 g/mol. The number of benzene rings is 2. The van der Waals surface area contributed by atoms with Crippen LogP contribution in [0.2, 0.25) is 5.02 Å². The molecule has 45 heavy (non-hydrogen) atoms. The topological polar surface area (TPSA) is 83.9 Å². The second-order valence-corrected chi connectivity index (χ2v) is 13.7. The zero-order valence-electron chi connectivity index (χ0n) is 26.0. The quantitative estimate of drug-likeness (QED) is 0.240. The van der Waals surface area contributed by atoms with Crippen LogP contribution in [0.25, 0.3) is 32.9 Å². The molecule has 0 atom stereocenters. The third-order valence-electron chi connectivity index (χ3n) is 9.26. The molecule has 9 nitrogen and oxygen atoms in total. The normalized spacial score (nSPS) is 18.5. The van der Waals surface area contributed by atoms with Crippen molar-refractivity contribution in [3.05, 3.63) is 53.4 Å². The molecule has 3 aliphatic rings. The number of halogens is 2. The number of pyridine rings is 1. The number of hydrogen-bond acceptors (Lipinski definition) is 8. The number of carbonyl (C=O) groups is 1. The van der Waals surface area contributed by atoms with Gasteiger partial charge in [-0.05, 0) is 71.0 Å². The van der Waals surface area contributed by atoms with Crippen molar-refractivity contribution in [2.24, 2.45) is 0 Å². The number of fused-ring (bicyclic) bond motifs is 3. The molecule has 0 unspecified atom stereocenters. The second kappa shape index (κ2) is 11.6. The molecule has 11 heteroatoms. The highest BCUT2D eigenvalue weighted by Crippen LogP contribution is 2.40. The number of hydrogen-bond donors (Lipinski definition) is 0. The third kappa shape index (κ3) is 5.63. The van der Waals surface area contributed by atoms with E-state index in [9.17, 15) is 4.79 Å². The lowest BCUT2D eigenvalue weighted by atomic mass is 9.95. The molecule has 236 valence electrons. The number of rotatable bonds is 5. The lowest BCUT2D eigenvalue weighted by Crippen LogP contribution is -2.50. The Balaban J connectivity index is 1.27. The Morgan fingerprint density at radius 3 is 2.42 bits per heavy atom. The van der Waals surface area contributed by atoms with Crippen molar-refractivity contribution in [2.75, 3.05) is 50.8 Å². The number of amides is 1. The van der Waals surface area contributed by atoms with E-state index in [1.165, 1.54) is 0 Å². The van der Waals surface area contributed by atoms with Gasteiger partial charge in [-0.25, -0.2) is 9.18 Å². The van der Waals surface area contributed by atoms with Crippen LogP contribution in [0.15, 0.2) is 42.6 Å². The van der Waals surface area contributed by atoms with E-state index in [-0.39, 0.29) is 28.9 Å².